The predicted molar refractivity (Wildman–Crippen MR) is 113 cm³/mol. The SMILES string of the molecule is O=C1C(O)=C(c2ccccc2)[C@@H](c2ccc(Cl)cc2)N1Cc1ccc2c(c1)OCO2. The summed E-state index contributed by atoms with van der Waals surface area (Å²) in [7, 11) is 0. The predicted octanol–water partition coefficient (Wildman–Crippen LogP) is 5.12. The van der Waals surface area contributed by atoms with Crippen LogP contribution >= 0.6 is 11.6 Å². The lowest BCUT2D eigenvalue weighted by Crippen LogP contribution is -2.29. The number of halogens is 1. The maximum absolute atomic E-state index is 13.1. The number of hydrogen-bond acceptors (Lipinski definition) is 4. The minimum atomic E-state index is -0.442. The molecule has 1 amide bonds. The highest BCUT2D eigenvalue weighted by molar-refractivity contribution is 6.30. The van der Waals surface area contributed by atoms with Crippen LogP contribution in [0.4, 0.5) is 0 Å². The molecule has 0 radical (unpaired) electrons. The van der Waals surface area contributed by atoms with Gasteiger partial charge in [0.15, 0.2) is 17.3 Å². The lowest BCUT2D eigenvalue weighted by molar-refractivity contribution is -0.130. The summed E-state index contributed by atoms with van der Waals surface area (Å²) in [5.74, 6) is 0.697. The number of rotatable bonds is 4. The molecule has 0 aromatic heterocycles. The van der Waals surface area contributed by atoms with Crippen LogP contribution in [-0.2, 0) is 11.3 Å². The standard InChI is InChI=1S/C24H18ClNO4/c25-18-9-7-17(8-10-18)22-21(16-4-2-1-3-5-16)23(27)24(28)26(22)13-15-6-11-19-20(12-15)30-14-29-19/h1-12,22,27H,13-14H2/t22-/m1/s1. The number of ether oxygens (including phenoxy) is 2. The van der Waals surface area contributed by atoms with E-state index < -0.39 is 11.9 Å². The summed E-state index contributed by atoms with van der Waals surface area (Å²) in [5, 5.41) is 11.4. The molecule has 1 N–H and O–H groups in total. The Morgan fingerprint density at radius 3 is 2.47 bits per heavy atom. The second-order valence-electron chi connectivity index (χ2n) is 7.20. The average molecular weight is 420 g/mol. The quantitative estimate of drug-likeness (QED) is 0.637. The van der Waals surface area contributed by atoms with Crippen molar-refractivity contribution >= 4 is 23.1 Å². The second kappa shape index (κ2) is 7.43. The van der Waals surface area contributed by atoms with Crippen molar-refractivity contribution in [2.75, 3.05) is 6.79 Å². The molecule has 2 heterocycles. The number of nitrogens with zero attached hydrogens (tertiary/aromatic N) is 1. The largest absolute Gasteiger partial charge is 0.503 e. The molecular weight excluding hydrogens is 402 g/mol. The minimum absolute atomic E-state index is 0.190. The Balaban J connectivity index is 1.57. The molecule has 5 nitrogen and oxygen atoms in total. The van der Waals surface area contributed by atoms with Crippen molar-refractivity contribution in [2.24, 2.45) is 0 Å². The van der Waals surface area contributed by atoms with Crippen molar-refractivity contribution in [2.45, 2.75) is 12.6 Å². The molecule has 150 valence electrons. The molecule has 2 aliphatic heterocycles. The fraction of sp³-hybridized carbons (Fsp3) is 0.125. The van der Waals surface area contributed by atoms with E-state index in [9.17, 15) is 9.90 Å². The molecule has 3 aromatic carbocycles. The number of aliphatic hydroxyl groups is 1. The second-order valence-corrected chi connectivity index (χ2v) is 7.64. The van der Waals surface area contributed by atoms with E-state index in [0.717, 1.165) is 16.7 Å². The van der Waals surface area contributed by atoms with Gasteiger partial charge < -0.3 is 19.5 Å². The summed E-state index contributed by atoms with van der Waals surface area (Å²) in [6.07, 6.45) is 0. The first-order chi connectivity index (χ1) is 14.6. The van der Waals surface area contributed by atoms with Crippen LogP contribution in [0, 0.1) is 0 Å². The molecule has 1 atom stereocenters. The van der Waals surface area contributed by atoms with Gasteiger partial charge in [-0.25, -0.2) is 0 Å². The van der Waals surface area contributed by atoms with E-state index in [1.54, 1.807) is 17.0 Å². The van der Waals surface area contributed by atoms with E-state index in [-0.39, 0.29) is 12.6 Å². The molecule has 0 unspecified atom stereocenters. The summed E-state index contributed by atoms with van der Waals surface area (Å²) >= 11 is 6.08. The van der Waals surface area contributed by atoms with Crippen molar-refractivity contribution < 1.29 is 19.4 Å². The van der Waals surface area contributed by atoms with E-state index in [4.69, 9.17) is 21.1 Å². The van der Waals surface area contributed by atoms with Gasteiger partial charge in [-0.2, -0.15) is 0 Å². The molecule has 0 aliphatic carbocycles. The smallest absolute Gasteiger partial charge is 0.290 e. The van der Waals surface area contributed by atoms with Crippen molar-refractivity contribution in [1.82, 2.24) is 4.90 Å². The summed E-state index contributed by atoms with van der Waals surface area (Å²) in [4.78, 5) is 14.8. The van der Waals surface area contributed by atoms with Crippen LogP contribution in [0.5, 0.6) is 11.5 Å². The number of carbonyl (C=O) groups excluding carboxylic acids is 1. The molecule has 30 heavy (non-hydrogen) atoms. The average Bonchev–Trinajstić information content (AvgIpc) is 3.33. The number of hydrogen-bond donors (Lipinski definition) is 1. The van der Waals surface area contributed by atoms with Gasteiger partial charge in [-0.15, -0.1) is 0 Å². The maximum Gasteiger partial charge on any atom is 0.290 e. The molecule has 2 aliphatic rings. The maximum atomic E-state index is 13.1. The molecule has 0 spiro atoms. The van der Waals surface area contributed by atoms with Crippen molar-refractivity contribution in [3.8, 4) is 11.5 Å². The van der Waals surface area contributed by atoms with Crippen LogP contribution in [0.15, 0.2) is 78.6 Å². The number of fused-ring (bicyclic) bond motifs is 1. The zero-order chi connectivity index (χ0) is 20.7. The highest BCUT2D eigenvalue weighted by Crippen LogP contribution is 2.44. The van der Waals surface area contributed by atoms with Gasteiger partial charge in [0, 0.05) is 17.1 Å². The third-order valence-electron chi connectivity index (χ3n) is 5.36. The van der Waals surface area contributed by atoms with Gasteiger partial charge in [0.1, 0.15) is 0 Å². The third-order valence-corrected chi connectivity index (χ3v) is 5.62. The van der Waals surface area contributed by atoms with Crippen LogP contribution < -0.4 is 9.47 Å². The molecule has 0 bridgehead atoms. The monoisotopic (exact) mass is 419 g/mol. The number of amides is 1. The summed E-state index contributed by atoms with van der Waals surface area (Å²) in [5.41, 5.74) is 3.14. The first-order valence-corrected chi connectivity index (χ1v) is 9.93. The fourth-order valence-corrected chi connectivity index (χ4v) is 4.08. The Hall–Kier alpha value is -3.44. The van der Waals surface area contributed by atoms with E-state index in [0.29, 0.717) is 28.6 Å². The van der Waals surface area contributed by atoms with Crippen molar-refractivity contribution in [3.63, 3.8) is 0 Å². The topological polar surface area (TPSA) is 59.0 Å². The minimum Gasteiger partial charge on any atom is -0.503 e. The molecule has 5 rings (SSSR count). The highest BCUT2D eigenvalue weighted by atomic mass is 35.5. The summed E-state index contributed by atoms with van der Waals surface area (Å²) in [6.45, 7) is 0.499. The van der Waals surface area contributed by atoms with Crippen LogP contribution in [0.1, 0.15) is 22.7 Å². The summed E-state index contributed by atoms with van der Waals surface area (Å²) < 4.78 is 10.8. The van der Waals surface area contributed by atoms with Gasteiger partial charge in [-0.3, -0.25) is 4.79 Å². The van der Waals surface area contributed by atoms with Gasteiger partial charge in [0.25, 0.3) is 5.91 Å². The van der Waals surface area contributed by atoms with Gasteiger partial charge >= 0.3 is 0 Å². The fourth-order valence-electron chi connectivity index (χ4n) is 3.96. The summed E-state index contributed by atoms with van der Waals surface area (Å²) in [6, 6.07) is 22.0. The Morgan fingerprint density at radius 2 is 1.70 bits per heavy atom. The Labute approximate surface area is 178 Å². The Morgan fingerprint density at radius 1 is 0.967 bits per heavy atom. The van der Waals surface area contributed by atoms with Gasteiger partial charge in [0.2, 0.25) is 6.79 Å². The first-order valence-electron chi connectivity index (χ1n) is 9.55. The van der Waals surface area contributed by atoms with Crippen LogP contribution in [0.2, 0.25) is 5.02 Å². The lowest BCUT2D eigenvalue weighted by atomic mass is 9.93. The first kappa shape index (κ1) is 18.6. The molecule has 6 heteroatoms. The van der Waals surface area contributed by atoms with Crippen molar-refractivity contribution in [3.05, 3.63) is 100 Å². The normalized spacial score (nSPS) is 17.7. The highest BCUT2D eigenvalue weighted by Gasteiger charge is 2.41. The van der Waals surface area contributed by atoms with E-state index in [1.165, 1.54) is 0 Å². The molecule has 3 aromatic rings. The zero-order valence-corrected chi connectivity index (χ0v) is 16.7. The number of carbonyl (C=O) groups is 1. The molecule has 0 saturated heterocycles. The molecule has 0 saturated carbocycles. The number of benzene rings is 3. The van der Waals surface area contributed by atoms with Gasteiger partial charge in [0.05, 0.1) is 6.04 Å². The lowest BCUT2D eigenvalue weighted by Gasteiger charge is -2.27. The van der Waals surface area contributed by atoms with E-state index in [2.05, 4.69) is 0 Å². The van der Waals surface area contributed by atoms with Crippen LogP contribution in [0.3, 0.4) is 0 Å². The Kier molecular flexibility index (Phi) is 4.60. The Bertz CT molecular complexity index is 1140. The van der Waals surface area contributed by atoms with Gasteiger partial charge in [-0.1, -0.05) is 60.1 Å². The van der Waals surface area contributed by atoms with Crippen LogP contribution in [-0.4, -0.2) is 22.7 Å². The van der Waals surface area contributed by atoms with E-state index >= 15 is 0 Å². The third kappa shape index (κ3) is 3.17. The van der Waals surface area contributed by atoms with Crippen LogP contribution in [0.25, 0.3) is 5.57 Å². The zero-order valence-electron chi connectivity index (χ0n) is 15.9. The van der Waals surface area contributed by atoms with Crippen molar-refractivity contribution in [1.29, 1.82) is 0 Å². The molecule has 0 fully saturated rings. The van der Waals surface area contributed by atoms with Gasteiger partial charge in [-0.05, 0) is 41.0 Å². The van der Waals surface area contributed by atoms with E-state index in [1.807, 2.05) is 60.7 Å². The number of aliphatic hydroxyl groups excluding tert-OH is 1. The molecular formula is C24H18ClNO4.